The lowest BCUT2D eigenvalue weighted by molar-refractivity contribution is 0.799. The van der Waals surface area contributed by atoms with Crippen LogP contribution in [0.5, 0.6) is 0 Å². The van der Waals surface area contributed by atoms with Gasteiger partial charge in [-0.3, -0.25) is 0 Å². The normalized spacial score (nSPS) is 9.45. The van der Waals surface area contributed by atoms with Gasteiger partial charge in [0.15, 0.2) is 0 Å². The van der Waals surface area contributed by atoms with Crippen LogP contribution in [-0.4, -0.2) is 13.6 Å². The van der Waals surface area contributed by atoms with E-state index in [1.807, 2.05) is 19.2 Å². The Balaban J connectivity index is 2.53. The largest absolute Gasteiger partial charge is 0.319 e. The fraction of sp³-hybridized carbons (Fsp3) is 0.375. The molecule has 0 aliphatic heterocycles. The fourth-order valence-electron chi connectivity index (χ4n) is 0.821. The van der Waals surface area contributed by atoms with Crippen molar-refractivity contribution in [3.8, 4) is 6.07 Å². The molecular formula is C8H10N2S. The average Bonchev–Trinajstić information content (AvgIpc) is 2.48. The molecule has 0 bridgehead atoms. The van der Waals surface area contributed by atoms with E-state index in [9.17, 15) is 0 Å². The lowest BCUT2D eigenvalue weighted by Crippen LogP contribution is -2.09. The first-order valence-electron chi connectivity index (χ1n) is 3.50. The lowest BCUT2D eigenvalue weighted by Gasteiger charge is -1.93. The number of hydrogen-bond acceptors (Lipinski definition) is 3. The van der Waals surface area contributed by atoms with Crippen molar-refractivity contribution in [2.24, 2.45) is 0 Å². The van der Waals surface area contributed by atoms with Crippen molar-refractivity contribution in [2.45, 2.75) is 6.42 Å². The molecule has 0 unspecified atom stereocenters. The molecule has 0 saturated heterocycles. The molecule has 0 saturated carbocycles. The van der Waals surface area contributed by atoms with Crippen LogP contribution in [-0.2, 0) is 6.42 Å². The van der Waals surface area contributed by atoms with Gasteiger partial charge >= 0.3 is 0 Å². The molecule has 0 radical (unpaired) electrons. The number of rotatable bonds is 3. The zero-order valence-electron chi connectivity index (χ0n) is 6.42. The highest BCUT2D eigenvalue weighted by Gasteiger charge is 1.96. The summed E-state index contributed by atoms with van der Waals surface area (Å²) in [6.45, 7) is 0.978. The van der Waals surface area contributed by atoms with Crippen LogP contribution < -0.4 is 5.32 Å². The maximum Gasteiger partial charge on any atom is 0.110 e. The standard InChI is InChI=1S/C8H10N2S/c1-10-5-4-7-2-3-8(6-9)11-7/h2-3,10H,4-5H2,1H3. The molecule has 0 amide bonds. The molecule has 11 heavy (non-hydrogen) atoms. The van der Waals surface area contributed by atoms with Gasteiger partial charge in [0.2, 0.25) is 0 Å². The molecule has 3 heteroatoms. The summed E-state index contributed by atoms with van der Waals surface area (Å²) in [4.78, 5) is 2.08. The van der Waals surface area contributed by atoms with Gasteiger partial charge < -0.3 is 5.32 Å². The zero-order valence-corrected chi connectivity index (χ0v) is 7.24. The van der Waals surface area contributed by atoms with Crippen molar-refractivity contribution in [3.05, 3.63) is 21.9 Å². The third kappa shape index (κ3) is 2.34. The van der Waals surface area contributed by atoms with Crippen molar-refractivity contribution < 1.29 is 0 Å². The van der Waals surface area contributed by atoms with Crippen LogP contribution in [0.1, 0.15) is 9.75 Å². The molecule has 0 aliphatic carbocycles. The van der Waals surface area contributed by atoms with Gasteiger partial charge in [0.1, 0.15) is 10.9 Å². The molecule has 1 rings (SSSR count). The fourth-order valence-corrected chi connectivity index (χ4v) is 1.62. The number of likely N-dealkylation sites (N-methyl/N-ethyl adjacent to an activating group) is 1. The molecular weight excluding hydrogens is 156 g/mol. The van der Waals surface area contributed by atoms with Crippen LogP contribution >= 0.6 is 11.3 Å². The second-order valence-corrected chi connectivity index (χ2v) is 3.40. The SMILES string of the molecule is CNCCc1ccc(C#N)s1. The Hall–Kier alpha value is -0.850. The van der Waals surface area contributed by atoms with Crippen molar-refractivity contribution in [2.75, 3.05) is 13.6 Å². The Morgan fingerprint density at radius 2 is 2.45 bits per heavy atom. The third-order valence-electron chi connectivity index (χ3n) is 1.39. The zero-order chi connectivity index (χ0) is 8.10. The van der Waals surface area contributed by atoms with Gasteiger partial charge in [-0.2, -0.15) is 5.26 Å². The van der Waals surface area contributed by atoms with E-state index in [1.54, 1.807) is 11.3 Å². The van der Waals surface area contributed by atoms with Crippen LogP contribution in [0.3, 0.4) is 0 Å². The van der Waals surface area contributed by atoms with Crippen LogP contribution in [0.4, 0.5) is 0 Å². The Morgan fingerprint density at radius 1 is 1.64 bits per heavy atom. The Bertz CT molecular complexity index is 259. The van der Waals surface area contributed by atoms with Gasteiger partial charge in [-0.25, -0.2) is 0 Å². The predicted molar refractivity (Wildman–Crippen MR) is 46.7 cm³/mol. The Morgan fingerprint density at radius 3 is 3.00 bits per heavy atom. The van der Waals surface area contributed by atoms with E-state index in [-0.39, 0.29) is 0 Å². The minimum atomic E-state index is 0.802. The second kappa shape index (κ2) is 4.12. The van der Waals surface area contributed by atoms with Crippen molar-refractivity contribution in [1.82, 2.24) is 5.32 Å². The molecule has 1 heterocycles. The summed E-state index contributed by atoms with van der Waals surface area (Å²) in [6.07, 6.45) is 1.02. The Labute approximate surface area is 70.5 Å². The van der Waals surface area contributed by atoms with E-state index in [1.165, 1.54) is 4.88 Å². The minimum Gasteiger partial charge on any atom is -0.319 e. The van der Waals surface area contributed by atoms with Crippen LogP contribution in [0.15, 0.2) is 12.1 Å². The monoisotopic (exact) mass is 166 g/mol. The summed E-state index contributed by atoms with van der Waals surface area (Å²) in [5.41, 5.74) is 0. The van der Waals surface area contributed by atoms with E-state index in [2.05, 4.69) is 11.4 Å². The molecule has 2 nitrogen and oxygen atoms in total. The summed E-state index contributed by atoms with van der Waals surface area (Å²) in [5.74, 6) is 0. The van der Waals surface area contributed by atoms with E-state index in [4.69, 9.17) is 5.26 Å². The summed E-state index contributed by atoms with van der Waals surface area (Å²) in [5, 5.41) is 11.6. The highest BCUT2D eigenvalue weighted by Crippen LogP contribution is 2.14. The molecule has 1 aromatic heterocycles. The number of nitrogens with zero attached hydrogens (tertiary/aromatic N) is 1. The van der Waals surface area contributed by atoms with Crippen molar-refractivity contribution >= 4 is 11.3 Å². The summed E-state index contributed by atoms with van der Waals surface area (Å²) in [7, 11) is 1.93. The van der Waals surface area contributed by atoms with Gasteiger partial charge in [-0.15, -0.1) is 11.3 Å². The smallest absolute Gasteiger partial charge is 0.110 e. The third-order valence-corrected chi connectivity index (χ3v) is 2.44. The predicted octanol–water partition coefficient (Wildman–Crippen LogP) is 1.38. The number of nitrogens with one attached hydrogen (secondary N) is 1. The first-order valence-corrected chi connectivity index (χ1v) is 4.32. The van der Waals surface area contributed by atoms with Gasteiger partial charge in [0, 0.05) is 4.88 Å². The summed E-state index contributed by atoms with van der Waals surface area (Å²) < 4.78 is 0. The first-order chi connectivity index (χ1) is 5.36. The van der Waals surface area contributed by atoms with Crippen molar-refractivity contribution in [3.63, 3.8) is 0 Å². The number of nitriles is 1. The van der Waals surface area contributed by atoms with E-state index in [0.29, 0.717) is 0 Å². The van der Waals surface area contributed by atoms with E-state index < -0.39 is 0 Å². The van der Waals surface area contributed by atoms with Gasteiger partial charge in [0.05, 0.1) is 0 Å². The highest BCUT2D eigenvalue weighted by atomic mass is 32.1. The molecule has 1 aromatic rings. The Kier molecular flexibility index (Phi) is 3.09. The van der Waals surface area contributed by atoms with E-state index in [0.717, 1.165) is 17.8 Å². The molecule has 0 atom stereocenters. The molecule has 0 aliphatic rings. The maximum atomic E-state index is 8.52. The molecule has 0 spiro atoms. The van der Waals surface area contributed by atoms with Crippen LogP contribution in [0.2, 0.25) is 0 Å². The molecule has 0 fully saturated rings. The summed E-state index contributed by atoms with van der Waals surface area (Å²) in [6, 6.07) is 6.01. The number of hydrogen-bond donors (Lipinski definition) is 1. The second-order valence-electron chi connectivity index (χ2n) is 2.23. The van der Waals surface area contributed by atoms with Crippen LogP contribution in [0, 0.1) is 11.3 Å². The van der Waals surface area contributed by atoms with Gasteiger partial charge in [-0.05, 0) is 32.1 Å². The maximum absolute atomic E-state index is 8.52. The quantitative estimate of drug-likeness (QED) is 0.736. The topological polar surface area (TPSA) is 35.8 Å². The molecule has 1 N–H and O–H groups in total. The molecule has 58 valence electrons. The summed E-state index contributed by atoms with van der Waals surface area (Å²) >= 11 is 1.57. The number of thiophene rings is 1. The highest BCUT2D eigenvalue weighted by molar-refractivity contribution is 7.12. The van der Waals surface area contributed by atoms with E-state index >= 15 is 0 Å². The first kappa shape index (κ1) is 8.25. The van der Waals surface area contributed by atoms with Crippen molar-refractivity contribution in [1.29, 1.82) is 5.26 Å². The lowest BCUT2D eigenvalue weighted by atomic mass is 10.3. The van der Waals surface area contributed by atoms with Crippen LogP contribution in [0.25, 0.3) is 0 Å². The van der Waals surface area contributed by atoms with Gasteiger partial charge in [0.25, 0.3) is 0 Å². The average molecular weight is 166 g/mol. The molecule has 0 aromatic carbocycles. The van der Waals surface area contributed by atoms with Gasteiger partial charge in [-0.1, -0.05) is 0 Å². The minimum absolute atomic E-state index is 0.802.